The lowest BCUT2D eigenvalue weighted by Gasteiger charge is -2.05. The van der Waals surface area contributed by atoms with Gasteiger partial charge in [0.25, 0.3) is 0 Å². The number of carbonyl (C=O) groups is 1. The molecule has 2 nitrogen and oxygen atoms in total. The van der Waals surface area contributed by atoms with Crippen LogP contribution in [-0.4, -0.2) is 12.6 Å². The third-order valence-electron chi connectivity index (χ3n) is 2.79. The lowest BCUT2D eigenvalue weighted by molar-refractivity contribution is 0.0500. The van der Waals surface area contributed by atoms with Crippen molar-refractivity contribution in [3.63, 3.8) is 0 Å². The van der Waals surface area contributed by atoms with Crippen LogP contribution in [0.4, 0.5) is 4.39 Å². The van der Waals surface area contributed by atoms with E-state index in [1.54, 1.807) is 30.3 Å². The van der Waals surface area contributed by atoms with Gasteiger partial charge in [-0.2, -0.15) is 0 Å². The van der Waals surface area contributed by atoms with Crippen molar-refractivity contribution >= 4 is 17.6 Å². The highest BCUT2D eigenvalue weighted by atomic mass is 35.5. The number of rotatable bonds is 5. The minimum Gasteiger partial charge on any atom is -0.462 e. The predicted molar refractivity (Wildman–Crippen MR) is 76.5 cm³/mol. The van der Waals surface area contributed by atoms with Crippen molar-refractivity contribution in [3.05, 3.63) is 70.5 Å². The number of benzene rings is 2. The fourth-order valence-corrected chi connectivity index (χ4v) is 2.02. The van der Waals surface area contributed by atoms with Gasteiger partial charge in [-0.1, -0.05) is 29.8 Å². The maximum Gasteiger partial charge on any atom is 0.338 e. The Morgan fingerprint density at radius 3 is 2.70 bits per heavy atom. The summed E-state index contributed by atoms with van der Waals surface area (Å²) < 4.78 is 18.1. The van der Waals surface area contributed by atoms with Gasteiger partial charge in [0.2, 0.25) is 0 Å². The van der Waals surface area contributed by atoms with Gasteiger partial charge in [-0.3, -0.25) is 0 Å². The molecule has 0 aliphatic rings. The first-order valence-electron chi connectivity index (χ1n) is 6.32. The highest BCUT2D eigenvalue weighted by Crippen LogP contribution is 2.12. The normalized spacial score (nSPS) is 10.3. The molecule has 0 amide bonds. The molecule has 0 bridgehead atoms. The Morgan fingerprint density at radius 1 is 1.15 bits per heavy atom. The molecule has 0 saturated carbocycles. The zero-order chi connectivity index (χ0) is 14.4. The van der Waals surface area contributed by atoms with Crippen LogP contribution in [0.5, 0.6) is 0 Å². The fraction of sp³-hybridized carbons (Fsp3) is 0.188. The molecule has 0 saturated heterocycles. The van der Waals surface area contributed by atoms with E-state index in [4.69, 9.17) is 16.3 Å². The maximum atomic E-state index is 13.0. The highest BCUT2D eigenvalue weighted by molar-refractivity contribution is 6.30. The molecule has 0 unspecified atom stereocenters. The minimum absolute atomic E-state index is 0.251. The molecule has 0 spiro atoms. The summed E-state index contributed by atoms with van der Waals surface area (Å²) in [4.78, 5) is 11.7. The van der Waals surface area contributed by atoms with Gasteiger partial charge in [0.1, 0.15) is 5.82 Å². The first kappa shape index (κ1) is 14.5. The number of hydrogen-bond donors (Lipinski definition) is 0. The Balaban J connectivity index is 1.77. The molecule has 4 heteroatoms. The van der Waals surface area contributed by atoms with Gasteiger partial charge in [0, 0.05) is 5.02 Å². The molecule has 0 heterocycles. The zero-order valence-electron chi connectivity index (χ0n) is 10.8. The first-order valence-corrected chi connectivity index (χ1v) is 6.70. The van der Waals surface area contributed by atoms with E-state index in [-0.39, 0.29) is 5.82 Å². The molecule has 0 radical (unpaired) electrons. The number of halogens is 2. The van der Waals surface area contributed by atoms with E-state index >= 15 is 0 Å². The van der Waals surface area contributed by atoms with Crippen LogP contribution in [0, 0.1) is 5.82 Å². The summed E-state index contributed by atoms with van der Waals surface area (Å²) in [6, 6.07) is 13.0. The second-order valence-corrected chi connectivity index (χ2v) is 4.82. The fourth-order valence-electron chi connectivity index (χ4n) is 1.83. The Kier molecular flexibility index (Phi) is 5.13. The van der Waals surface area contributed by atoms with Crippen molar-refractivity contribution in [1.29, 1.82) is 0 Å². The van der Waals surface area contributed by atoms with Gasteiger partial charge in [0.05, 0.1) is 12.2 Å². The molecule has 0 fully saturated rings. The number of esters is 1. The molecular formula is C16H14ClFO2. The molecule has 2 aromatic rings. The van der Waals surface area contributed by atoms with E-state index < -0.39 is 5.97 Å². The van der Waals surface area contributed by atoms with Crippen LogP contribution in [0.3, 0.4) is 0 Å². The van der Waals surface area contributed by atoms with Gasteiger partial charge in [0.15, 0.2) is 0 Å². The maximum absolute atomic E-state index is 13.0. The Morgan fingerprint density at radius 2 is 1.95 bits per heavy atom. The van der Waals surface area contributed by atoms with Crippen LogP contribution in [0.25, 0.3) is 0 Å². The largest absolute Gasteiger partial charge is 0.462 e. The predicted octanol–water partition coefficient (Wildman–Crippen LogP) is 4.27. The molecule has 0 aromatic heterocycles. The molecule has 0 atom stereocenters. The van der Waals surface area contributed by atoms with Crippen molar-refractivity contribution in [2.45, 2.75) is 12.8 Å². The summed E-state index contributed by atoms with van der Waals surface area (Å²) in [6.07, 6.45) is 1.32. The van der Waals surface area contributed by atoms with E-state index in [2.05, 4.69) is 0 Å². The highest BCUT2D eigenvalue weighted by Gasteiger charge is 2.07. The molecule has 2 rings (SSSR count). The lowest BCUT2D eigenvalue weighted by Crippen LogP contribution is -2.07. The van der Waals surface area contributed by atoms with Crippen LogP contribution in [-0.2, 0) is 11.2 Å². The third kappa shape index (κ3) is 4.35. The standard InChI is InChI=1S/C16H14ClFO2/c17-14-7-2-6-13(11-14)16(19)20-9-3-5-12-4-1-8-15(18)10-12/h1-2,4,6-8,10-11H,3,5,9H2. The smallest absolute Gasteiger partial charge is 0.338 e. The molecular weight excluding hydrogens is 279 g/mol. The van der Waals surface area contributed by atoms with Gasteiger partial charge >= 0.3 is 5.97 Å². The molecule has 2 aromatic carbocycles. The molecule has 20 heavy (non-hydrogen) atoms. The summed E-state index contributed by atoms with van der Waals surface area (Å²) in [7, 11) is 0. The van der Waals surface area contributed by atoms with E-state index in [9.17, 15) is 9.18 Å². The average molecular weight is 293 g/mol. The van der Waals surface area contributed by atoms with Crippen molar-refractivity contribution in [1.82, 2.24) is 0 Å². The lowest BCUT2D eigenvalue weighted by atomic mass is 10.1. The summed E-state index contributed by atoms with van der Waals surface area (Å²) >= 11 is 5.80. The quantitative estimate of drug-likeness (QED) is 0.608. The number of hydrogen-bond acceptors (Lipinski definition) is 2. The Hall–Kier alpha value is -1.87. The van der Waals surface area contributed by atoms with Crippen molar-refractivity contribution in [2.24, 2.45) is 0 Å². The SMILES string of the molecule is O=C(OCCCc1cccc(F)c1)c1cccc(Cl)c1. The molecule has 104 valence electrons. The molecule has 0 aliphatic heterocycles. The Bertz CT molecular complexity index is 599. The van der Waals surface area contributed by atoms with Crippen LogP contribution in [0.15, 0.2) is 48.5 Å². The summed E-state index contributed by atoms with van der Waals surface area (Å²) in [5.41, 5.74) is 1.33. The summed E-state index contributed by atoms with van der Waals surface area (Å²) in [5, 5.41) is 0.499. The van der Waals surface area contributed by atoms with Crippen molar-refractivity contribution < 1.29 is 13.9 Å². The van der Waals surface area contributed by atoms with Gasteiger partial charge in [-0.25, -0.2) is 9.18 Å². The van der Waals surface area contributed by atoms with Crippen LogP contribution < -0.4 is 0 Å². The van der Waals surface area contributed by atoms with E-state index in [0.717, 1.165) is 5.56 Å². The van der Waals surface area contributed by atoms with Crippen LogP contribution >= 0.6 is 11.6 Å². The topological polar surface area (TPSA) is 26.3 Å². The van der Waals surface area contributed by atoms with E-state index in [0.29, 0.717) is 30.0 Å². The second kappa shape index (κ2) is 7.06. The summed E-state index contributed by atoms with van der Waals surface area (Å²) in [5.74, 6) is -0.648. The Labute approximate surface area is 122 Å². The number of ether oxygens (including phenoxy) is 1. The molecule has 0 N–H and O–H groups in total. The molecule has 0 aliphatic carbocycles. The second-order valence-electron chi connectivity index (χ2n) is 4.38. The van der Waals surface area contributed by atoms with Crippen LogP contribution in [0.2, 0.25) is 5.02 Å². The van der Waals surface area contributed by atoms with Crippen molar-refractivity contribution in [2.75, 3.05) is 6.61 Å². The van der Waals surface area contributed by atoms with E-state index in [1.807, 2.05) is 6.07 Å². The van der Waals surface area contributed by atoms with Gasteiger partial charge in [-0.05, 0) is 48.7 Å². The van der Waals surface area contributed by atoms with E-state index in [1.165, 1.54) is 12.1 Å². The zero-order valence-corrected chi connectivity index (χ0v) is 11.6. The third-order valence-corrected chi connectivity index (χ3v) is 3.03. The van der Waals surface area contributed by atoms with Gasteiger partial charge < -0.3 is 4.74 Å². The minimum atomic E-state index is -0.397. The van der Waals surface area contributed by atoms with Crippen molar-refractivity contribution in [3.8, 4) is 0 Å². The monoisotopic (exact) mass is 292 g/mol. The van der Waals surface area contributed by atoms with Crippen LogP contribution in [0.1, 0.15) is 22.3 Å². The first-order chi connectivity index (χ1) is 9.65. The number of carbonyl (C=O) groups excluding carboxylic acids is 1. The summed E-state index contributed by atoms with van der Waals surface area (Å²) in [6.45, 7) is 0.294. The van der Waals surface area contributed by atoms with Gasteiger partial charge in [-0.15, -0.1) is 0 Å². The average Bonchev–Trinajstić information content (AvgIpc) is 2.43. The number of aryl methyl sites for hydroxylation is 1.